The van der Waals surface area contributed by atoms with E-state index in [1.54, 1.807) is 6.07 Å². The summed E-state index contributed by atoms with van der Waals surface area (Å²) in [4.78, 5) is 0. The minimum atomic E-state index is -0.462. The molecule has 130 valence electrons. The molecular formula is C21H27ClFN. The number of hydrogen-bond donors (Lipinski definition) is 0. The van der Waals surface area contributed by atoms with E-state index in [9.17, 15) is 4.39 Å². The highest BCUT2D eigenvalue weighted by molar-refractivity contribution is 6.31. The maximum absolute atomic E-state index is 14.2. The van der Waals surface area contributed by atoms with Crippen molar-refractivity contribution in [1.29, 1.82) is 5.26 Å². The van der Waals surface area contributed by atoms with Gasteiger partial charge >= 0.3 is 0 Å². The second-order valence-electron chi connectivity index (χ2n) is 8.02. The fourth-order valence-corrected chi connectivity index (χ4v) is 5.23. The van der Waals surface area contributed by atoms with Gasteiger partial charge in [-0.1, -0.05) is 44.2 Å². The third-order valence-electron chi connectivity index (χ3n) is 6.73. The Kier molecular flexibility index (Phi) is 5.21. The molecule has 0 spiro atoms. The van der Waals surface area contributed by atoms with Gasteiger partial charge in [0.15, 0.2) is 0 Å². The molecule has 0 aliphatic heterocycles. The van der Waals surface area contributed by atoms with Crippen molar-refractivity contribution in [3.63, 3.8) is 0 Å². The van der Waals surface area contributed by atoms with Gasteiger partial charge in [-0.3, -0.25) is 0 Å². The van der Waals surface area contributed by atoms with Gasteiger partial charge in [-0.05, 0) is 73.5 Å². The monoisotopic (exact) mass is 347 g/mol. The van der Waals surface area contributed by atoms with Crippen molar-refractivity contribution in [3.05, 3.63) is 34.1 Å². The quantitative estimate of drug-likeness (QED) is 0.512. The number of halogens is 2. The molecule has 3 fully saturated rings. The van der Waals surface area contributed by atoms with Gasteiger partial charge in [-0.2, -0.15) is 5.26 Å². The van der Waals surface area contributed by atoms with Gasteiger partial charge in [0.1, 0.15) is 17.4 Å². The fourth-order valence-electron chi connectivity index (χ4n) is 4.98. The Hall–Kier alpha value is -1.07. The lowest BCUT2D eigenvalue weighted by Crippen LogP contribution is -2.44. The Morgan fingerprint density at radius 2 is 1.75 bits per heavy atom. The number of nitriles is 1. The van der Waals surface area contributed by atoms with Crippen LogP contribution in [-0.2, 0) is 5.41 Å². The summed E-state index contributed by atoms with van der Waals surface area (Å²) in [7, 11) is 0. The van der Waals surface area contributed by atoms with Crippen LogP contribution in [0.5, 0.6) is 0 Å². The van der Waals surface area contributed by atoms with E-state index in [2.05, 4.69) is 6.92 Å². The molecule has 24 heavy (non-hydrogen) atoms. The first-order chi connectivity index (χ1) is 11.5. The molecule has 1 nitrogen and oxygen atoms in total. The van der Waals surface area contributed by atoms with Crippen LogP contribution >= 0.6 is 11.6 Å². The Morgan fingerprint density at radius 3 is 2.29 bits per heavy atom. The predicted octanol–water partition coefficient (Wildman–Crippen LogP) is 6.91. The standard InChI is InChI=1S/C21H27ClFN/c1-2-3-4-5-6-20-7-10-21(11-8-20,12-9-20)16-13-18(22)17(15-24)19(23)14-16/h13-14H,2-12H2,1H3. The summed E-state index contributed by atoms with van der Waals surface area (Å²) in [6.45, 7) is 2.26. The van der Waals surface area contributed by atoms with E-state index in [1.165, 1.54) is 51.4 Å². The zero-order valence-corrected chi connectivity index (χ0v) is 15.4. The van der Waals surface area contributed by atoms with Crippen LogP contribution < -0.4 is 0 Å². The van der Waals surface area contributed by atoms with Crippen molar-refractivity contribution < 1.29 is 4.39 Å². The summed E-state index contributed by atoms with van der Waals surface area (Å²) in [6, 6.07) is 5.29. The second kappa shape index (κ2) is 7.04. The Balaban J connectivity index is 1.72. The molecule has 4 rings (SSSR count). The lowest BCUT2D eigenvalue weighted by Gasteiger charge is -2.54. The summed E-state index contributed by atoms with van der Waals surface area (Å²) >= 11 is 6.15. The van der Waals surface area contributed by atoms with Crippen LogP contribution in [0.4, 0.5) is 4.39 Å². The van der Waals surface area contributed by atoms with Gasteiger partial charge in [0.25, 0.3) is 0 Å². The molecule has 0 amide bonds. The van der Waals surface area contributed by atoms with Crippen molar-refractivity contribution in [2.24, 2.45) is 5.41 Å². The molecule has 3 aliphatic rings. The van der Waals surface area contributed by atoms with Crippen LogP contribution in [0.25, 0.3) is 0 Å². The van der Waals surface area contributed by atoms with Crippen LogP contribution in [0.2, 0.25) is 5.02 Å². The smallest absolute Gasteiger partial charge is 0.142 e. The minimum Gasteiger partial charge on any atom is -0.205 e. The van der Waals surface area contributed by atoms with Gasteiger partial charge in [-0.25, -0.2) is 4.39 Å². The van der Waals surface area contributed by atoms with Crippen molar-refractivity contribution >= 4 is 11.6 Å². The Labute approximate surface area is 150 Å². The van der Waals surface area contributed by atoms with E-state index >= 15 is 0 Å². The minimum absolute atomic E-state index is 0.0197. The molecule has 0 heterocycles. The SMILES string of the molecule is CCCCCCC12CCC(c3cc(F)c(C#N)c(Cl)c3)(CC1)CC2. The van der Waals surface area contributed by atoms with E-state index < -0.39 is 5.82 Å². The summed E-state index contributed by atoms with van der Waals surface area (Å²) in [6.07, 6.45) is 13.9. The molecule has 3 aliphatic carbocycles. The maximum Gasteiger partial charge on any atom is 0.142 e. The van der Waals surface area contributed by atoms with Crippen LogP contribution in [-0.4, -0.2) is 0 Å². The molecule has 0 aromatic heterocycles. The Morgan fingerprint density at radius 1 is 1.08 bits per heavy atom. The predicted molar refractivity (Wildman–Crippen MR) is 96.7 cm³/mol. The number of benzene rings is 1. The van der Waals surface area contributed by atoms with E-state index in [-0.39, 0.29) is 16.0 Å². The number of rotatable bonds is 6. The molecule has 2 bridgehead atoms. The van der Waals surface area contributed by atoms with Crippen molar-refractivity contribution in [3.8, 4) is 6.07 Å². The first-order valence-electron chi connectivity index (χ1n) is 9.44. The van der Waals surface area contributed by atoms with Gasteiger partial charge in [0.2, 0.25) is 0 Å². The number of fused-ring (bicyclic) bond motifs is 3. The number of unbranched alkanes of at least 4 members (excludes halogenated alkanes) is 3. The van der Waals surface area contributed by atoms with Gasteiger partial charge in [0.05, 0.1) is 5.02 Å². The average molecular weight is 348 g/mol. The van der Waals surface area contributed by atoms with Crippen molar-refractivity contribution in [2.45, 2.75) is 83.0 Å². The average Bonchev–Trinajstić information content (AvgIpc) is 2.60. The summed E-state index contributed by atoms with van der Waals surface area (Å²) < 4.78 is 14.2. The van der Waals surface area contributed by atoms with E-state index in [0.29, 0.717) is 5.41 Å². The topological polar surface area (TPSA) is 23.8 Å². The van der Waals surface area contributed by atoms with Crippen LogP contribution in [0.15, 0.2) is 12.1 Å². The zero-order chi connectivity index (χ0) is 17.2. The molecule has 1 aromatic rings. The number of hydrogen-bond acceptors (Lipinski definition) is 1. The molecule has 0 radical (unpaired) electrons. The highest BCUT2D eigenvalue weighted by Gasteiger charge is 2.49. The largest absolute Gasteiger partial charge is 0.205 e. The first-order valence-corrected chi connectivity index (χ1v) is 9.82. The van der Waals surface area contributed by atoms with Crippen LogP contribution in [0, 0.1) is 22.6 Å². The van der Waals surface area contributed by atoms with Gasteiger partial charge < -0.3 is 0 Å². The summed E-state index contributed by atoms with van der Waals surface area (Å²) in [5.74, 6) is -0.462. The molecule has 1 aromatic carbocycles. The van der Waals surface area contributed by atoms with E-state index in [1.807, 2.05) is 12.1 Å². The summed E-state index contributed by atoms with van der Waals surface area (Å²) in [5, 5.41) is 9.28. The molecule has 3 saturated carbocycles. The van der Waals surface area contributed by atoms with Crippen molar-refractivity contribution in [2.75, 3.05) is 0 Å². The van der Waals surface area contributed by atoms with E-state index in [4.69, 9.17) is 16.9 Å². The normalized spacial score (nSPS) is 28.8. The van der Waals surface area contributed by atoms with Crippen molar-refractivity contribution in [1.82, 2.24) is 0 Å². The van der Waals surface area contributed by atoms with Gasteiger partial charge in [-0.15, -0.1) is 0 Å². The molecule has 3 heteroatoms. The molecule has 0 saturated heterocycles. The second-order valence-corrected chi connectivity index (χ2v) is 8.42. The third kappa shape index (κ3) is 3.21. The highest BCUT2D eigenvalue weighted by Crippen LogP contribution is 2.59. The van der Waals surface area contributed by atoms with Gasteiger partial charge in [0, 0.05) is 0 Å². The highest BCUT2D eigenvalue weighted by atomic mass is 35.5. The van der Waals surface area contributed by atoms with E-state index in [0.717, 1.165) is 24.8 Å². The molecular weight excluding hydrogens is 321 g/mol. The summed E-state index contributed by atoms with van der Waals surface area (Å²) in [5.41, 5.74) is 1.63. The molecule has 0 atom stereocenters. The molecule has 0 N–H and O–H groups in total. The lowest BCUT2D eigenvalue weighted by atomic mass is 9.51. The van der Waals surface area contributed by atoms with Crippen LogP contribution in [0.1, 0.15) is 88.7 Å². The third-order valence-corrected chi connectivity index (χ3v) is 7.03. The zero-order valence-electron chi connectivity index (χ0n) is 14.6. The lowest BCUT2D eigenvalue weighted by molar-refractivity contribution is 0.0303. The Bertz CT molecular complexity index is 598. The van der Waals surface area contributed by atoms with Crippen LogP contribution in [0.3, 0.4) is 0 Å². The molecule has 0 unspecified atom stereocenters. The number of nitrogens with zero attached hydrogens (tertiary/aromatic N) is 1. The maximum atomic E-state index is 14.2. The fraction of sp³-hybridized carbons (Fsp3) is 0.667. The first kappa shape index (κ1) is 17.7.